The Balaban J connectivity index is 1.34. The molecule has 4 rings (SSSR count). The Kier molecular flexibility index (Phi) is 5.52. The minimum atomic E-state index is -4.55. The van der Waals surface area contributed by atoms with Gasteiger partial charge in [0.15, 0.2) is 0 Å². The first kappa shape index (κ1) is 21.4. The van der Waals surface area contributed by atoms with Gasteiger partial charge in [-0.2, -0.15) is 13.2 Å². The van der Waals surface area contributed by atoms with E-state index < -0.39 is 29.5 Å². The zero-order valence-corrected chi connectivity index (χ0v) is 16.8. The molecular weight excluding hydrogens is 415 g/mol. The third-order valence-corrected chi connectivity index (χ3v) is 6.35. The van der Waals surface area contributed by atoms with Crippen molar-refractivity contribution in [3.05, 3.63) is 30.1 Å². The Morgan fingerprint density at radius 3 is 2.87 bits per heavy atom. The van der Waals surface area contributed by atoms with Gasteiger partial charge in [-0.05, 0) is 37.8 Å². The maximum atomic E-state index is 12.8. The van der Waals surface area contributed by atoms with Crippen LogP contribution in [0.5, 0.6) is 0 Å². The third kappa shape index (κ3) is 4.45. The summed E-state index contributed by atoms with van der Waals surface area (Å²) in [5.74, 6) is -0.427. The maximum absolute atomic E-state index is 12.8. The molecule has 1 aromatic heterocycles. The van der Waals surface area contributed by atoms with Crippen LogP contribution < -0.4 is 11.1 Å². The first-order valence-electron chi connectivity index (χ1n) is 10.3. The van der Waals surface area contributed by atoms with Crippen molar-refractivity contribution in [1.29, 1.82) is 0 Å². The normalized spacial score (nSPS) is 30.2. The molecule has 1 aliphatic heterocycles. The van der Waals surface area contributed by atoms with E-state index in [9.17, 15) is 22.8 Å². The first-order chi connectivity index (χ1) is 14.7. The van der Waals surface area contributed by atoms with Gasteiger partial charge in [0.25, 0.3) is 0 Å². The molecule has 1 aromatic rings. The highest BCUT2D eigenvalue weighted by Crippen LogP contribution is 2.46. The molecule has 1 saturated carbocycles. The van der Waals surface area contributed by atoms with Crippen molar-refractivity contribution in [1.82, 2.24) is 14.9 Å². The summed E-state index contributed by atoms with van der Waals surface area (Å²) in [6, 6.07) is 0.523. The number of nitrogens with one attached hydrogen (secondary N) is 1. The van der Waals surface area contributed by atoms with Gasteiger partial charge in [0.2, 0.25) is 11.9 Å². The molecule has 2 fully saturated rings. The van der Waals surface area contributed by atoms with E-state index in [2.05, 4.69) is 15.3 Å². The quantitative estimate of drug-likeness (QED) is 0.698. The number of nitrogens with zero attached hydrogens (tertiary/aromatic N) is 3. The van der Waals surface area contributed by atoms with Gasteiger partial charge < -0.3 is 20.7 Å². The number of aromatic nitrogens is 2. The average molecular weight is 439 g/mol. The van der Waals surface area contributed by atoms with Crippen molar-refractivity contribution in [2.24, 2.45) is 17.1 Å². The van der Waals surface area contributed by atoms with E-state index in [4.69, 9.17) is 10.5 Å². The van der Waals surface area contributed by atoms with Crippen LogP contribution >= 0.6 is 0 Å². The molecule has 1 saturated heterocycles. The number of rotatable bonds is 4. The lowest BCUT2D eigenvalue weighted by molar-refractivity contribution is -0.141. The molecule has 2 aliphatic carbocycles. The van der Waals surface area contributed by atoms with Crippen LogP contribution in [0.1, 0.15) is 37.8 Å². The fourth-order valence-corrected chi connectivity index (χ4v) is 4.66. The topological polar surface area (TPSA) is 110 Å². The fourth-order valence-electron chi connectivity index (χ4n) is 4.66. The van der Waals surface area contributed by atoms with E-state index >= 15 is 0 Å². The molecule has 3 N–H and O–H groups in total. The smallest absolute Gasteiger partial charge is 0.433 e. The number of carbonyl (C=O) groups excluding carboxylic acids is 2. The SMILES string of the molecule is NC(=O)C12C=CC(OC(=O)N3CC[C@@H](Nc4nccc(C(F)(F)F)n4)C3)C(CCC1)C2. The Morgan fingerprint density at radius 1 is 1.32 bits per heavy atom. The average Bonchev–Trinajstić information content (AvgIpc) is 3.18. The molecule has 31 heavy (non-hydrogen) atoms. The van der Waals surface area contributed by atoms with E-state index in [-0.39, 0.29) is 30.4 Å². The molecule has 3 unspecified atom stereocenters. The Hall–Kier alpha value is -2.85. The number of carbonyl (C=O) groups is 2. The molecule has 0 radical (unpaired) electrons. The number of anilines is 1. The van der Waals surface area contributed by atoms with Crippen LogP contribution in [-0.4, -0.2) is 52.1 Å². The molecule has 2 amide bonds. The summed E-state index contributed by atoms with van der Waals surface area (Å²) in [7, 11) is 0. The number of hydrogen-bond acceptors (Lipinski definition) is 6. The standard InChI is InChI=1S/C20H24F3N5O3/c21-20(22,23)15-4-8-25-17(27-15)26-13-5-9-28(11-13)18(30)31-14-3-7-19(16(24)29)6-1-2-12(14)10-19/h3-4,7-8,12-14H,1-2,5-6,9-11H2,(H2,24,29)(H,25,26,27)/t12?,13-,14?,19?/m1/s1. The van der Waals surface area contributed by atoms with Crippen LogP contribution in [0.25, 0.3) is 0 Å². The lowest BCUT2D eigenvalue weighted by Gasteiger charge is -2.42. The Bertz CT molecular complexity index is 893. The van der Waals surface area contributed by atoms with E-state index in [1.807, 2.05) is 0 Å². The van der Waals surface area contributed by atoms with Gasteiger partial charge in [-0.1, -0.05) is 12.5 Å². The largest absolute Gasteiger partial charge is 0.442 e. The van der Waals surface area contributed by atoms with Crippen LogP contribution in [0, 0.1) is 11.3 Å². The molecular formula is C20H24F3N5O3. The number of halogens is 3. The molecule has 8 nitrogen and oxygen atoms in total. The summed E-state index contributed by atoms with van der Waals surface area (Å²) in [6.45, 7) is 0.673. The Morgan fingerprint density at radius 2 is 2.13 bits per heavy atom. The maximum Gasteiger partial charge on any atom is 0.433 e. The molecule has 2 bridgehead atoms. The van der Waals surface area contributed by atoms with Crippen molar-refractivity contribution in [3.63, 3.8) is 0 Å². The van der Waals surface area contributed by atoms with Crippen molar-refractivity contribution >= 4 is 17.9 Å². The number of alkyl halides is 3. The van der Waals surface area contributed by atoms with E-state index in [1.54, 1.807) is 12.2 Å². The fraction of sp³-hybridized carbons (Fsp3) is 0.600. The Labute approximate surface area is 177 Å². The predicted octanol–water partition coefficient (Wildman–Crippen LogP) is 2.72. The minimum absolute atomic E-state index is 0.0465. The number of amides is 2. The van der Waals surface area contributed by atoms with E-state index in [1.165, 1.54) is 4.90 Å². The summed E-state index contributed by atoms with van der Waals surface area (Å²) in [5.41, 5.74) is 3.92. The molecule has 3 aliphatic rings. The molecule has 168 valence electrons. The van der Waals surface area contributed by atoms with Gasteiger partial charge in [-0.25, -0.2) is 14.8 Å². The lowest BCUT2D eigenvalue weighted by atomic mass is 9.64. The summed E-state index contributed by atoms with van der Waals surface area (Å²) in [6.07, 6.45) is 2.66. The second kappa shape index (κ2) is 8.01. The first-order valence-corrected chi connectivity index (χ1v) is 10.3. The van der Waals surface area contributed by atoms with Gasteiger partial charge in [0, 0.05) is 31.2 Å². The molecule has 2 heterocycles. The summed E-state index contributed by atoms with van der Waals surface area (Å²) in [4.78, 5) is 33.3. The van der Waals surface area contributed by atoms with Crippen LogP contribution in [0.3, 0.4) is 0 Å². The van der Waals surface area contributed by atoms with Crippen molar-refractivity contribution in [2.45, 2.75) is 50.4 Å². The molecule has 11 heteroatoms. The van der Waals surface area contributed by atoms with Crippen LogP contribution in [0.15, 0.2) is 24.4 Å². The van der Waals surface area contributed by atoms with Crippen LogP contribution in [0.4, 0.5) is 23.9 Å². The van der Waals surface area contributed by atoms with Gasteiger partial charge >= 0.3 is 12.3 Å². The zero-order chi connectivity index (χ0) is 22.2. The van der Waals surface area contributed by atoms with Gasteiger partial charge in [0.1, 0.15) is 11.8 Å². The number of primary amides is 1. The summed E-state index contributed by atoms with van der Waals surface area (Å²) < 4.78 is 44.1. The number of likely N-dealkylation sites (tertiary alicyclic amines) is 1. The van der Waals surface area contributed by atoms with Gasteiger partial charge in [-0.15, -0.1) is 0 Å². The van der Waals surface area contributed by atoms with E-state index in [0.29, 0.717) is 25.8 Å². The lowest BCUT2D eigenvalue weighted by Crippen LogP contribution is -2.46. The number of fused-ring (bicyclic) bond motifs is 2. The van der Waals surface area contributed by atoms with Crippen molar-refractivity contribution in [3.8, 4) is 0 Å². The molecule has 0 aromatic carbocycles. The second-order valence-corrected chi connectivity index (χ2v) is 8.42. The highest BCUT2D eigenvalue weighted by atomic mass is 19.4. The number of hydrogen-bond donors (Lipinski definition) is 2. The second-order valence-electron chi connectivity index (χ2n) is 8.42. The zero-order valence-electron chi connectivity index (χ0n) is 16.8. The highest BCUT2D eigenvalue weighted by Gasteiger charge is 2.45. The minimum Gasteiger partial charge on any atom is -0.442 e. The van der Waals surface area contributed by atoms with Crippen LogP contribution in [0.2, 0.25) is 0 Å². The number of nitrogens with two attached hydrogens (primary N) is 1. The third-order valence-electron chi connectivity index (χ3n) is 6.35. The predicted molar refractivity (Wildman–Crippen MR) is 104 cm³/mol. The summed E-state index contributed by atoms with van der Waals surface area (Å²) >= 11 is 0. The molecule has 0 spiro atoms. The number of ether oxygens (including phenoxy) is 1. The summed E-state index contributed by atoms with van der Waals surface area (Å²) in [5, 5.41) is 2.86. The van der Waals surface area contributed by atoms with Crippen molar-refractivity contribution < 1.29 is 27.5 Å². The van der Waals surface area contributed by atoms with E-state index in [0.717, 1.165) is 25.1 Å². The van der Waals surface area contributed by atoms with Gasteiger partial charge in [-0.3, -0.25) is 4.79 Å². The van der Waals surface area contributed by atoms with Crippen LogP contribution in [-0.2, 0) is 15.7 Å². The highest BCUT2D eigenvalue weighted by molar-refractivity contribution is 5.83. The molecule has 4 atom stereocenters. The van der Waals surface area contributed by atoms with Gasteiger partial charge in [0.05, 0.1) is 5.41 Å². The monoisotopic (exact) mass is 439 g/mol. The van der Waals surface area contributed by atoms with Crippen molar-refractivity contribution in [2.75, 3.05) is 18.4 Å².